The minimum Gasteiger partial charge on any atom is -0.481 e. The Bertz CT molecular complexity index is 897. The lowest BCUT2D eigenvalue weighted by atomic mass is 9.98. The fourth-order valence-corrected chi connectivity index (χ4v) is 4.12. The molecule has 172 valence electrons. The van der Waals surface area contributed by atoms with Crippen molar-refractivity contribution in [2.75, 3.05) is 6.61 Å². The van der Waals surface area contributed by atoms with Gasteiger partial charge in [0, 0.05) is 0 Å². The number of carbonyl (C=O) groups is 2. The van der Waals surface area contributed by atoms with Crippen molar-refractivity contribution in [3.05, 3.63) is 65.2 Å². The Morgan fingerprint density at radius 2 is 1.69 bits per heavy atom. The molecule has 0 bridgehead atoms. The number of esters is 2. The van der Waals surface area contributed by atoms with E-state index in [1.54, 1.807) is 24.3 Å². The van der Waals surface area contributed by atoms with Crippen LogP contribution in [0.2, 0.25) is 0 Å². The number of benzene rings is 2. The molecule has 2 aromatic rings. The van der Waals surface area contributed by atoms with Crippen LogP contribution < -0.4 is 4.74 Å². The van der Waals surface area contributed by atoms with Crippen molar-refractivity contribution in [1.29, 1.82) is 0 Å². The zero-order chi connectivity index (χ0) is 23.0. The van der Waals surface area contributed by atoms with Gasteiger partial charge in [0.15, 0.2) is 6.61 Å². The fourth-order valence-electron chi connectivity index (χ4n) is 4.12. The van der Waals surface area contributed by atoms with Crippen LogP contribution in [0.3, 0.4) is 0 Å². The summed E-state index contributed by atoms with van der Waals surface area (Å²) in [4.78, 5) is 25.0. The summed E-state index contributed by atoms with van der Waals surface area (Å²) < 4.78 is 16.9. The molecule has 5 nitrogen and oxygen atoms in total. The third kappa shape index (κ3) is 6.12. The zero-order valence-corrected chi connectivity index (χ0v) is 19.4. The van der Waals surface area contributed by atoms with E-state index < -0.39 is 11.9 Å². The molecule has 0 aromatic heterocycles. The molecule has 0 heterocycles. The van der Waals surface area contributed by atoms with E-state index in [1.807, 2.05) is 19.1 Å². The Morgan fingerprint density at radius 3 is 2.34 bits per heavy atom. The van der Waals surface area contributed by atoms with Crippen molar-refractivity contribution >= 4 is 11.9 Å². The highest BCUT2D eigenvalue weighted by Crippen LogP contribution is 2.36. The van der Waals surface area contributed by atoms with Gasteiger partial charge in [-0.3, -0.25) is 0 Å². The number of carbonyl (C=O) groups excluding carboxylic acids is 2. The highest BCUT2D eigenvalue weighted by atomic mass is 16.6. The number of rotatable bonds is 10. The molecular weight excluding hydrogens is 404 g/mol. The Balaban J connectivity index is 1.56. The molecule has 2 aromatic carbocycles. The van der Waals surface area contributed by atoms with Crippen LogP contribution in [0.4, 0.5) is 0 Å². The molecule has 0 radical (unpaired) electrons. The molecule has 0 aliphatic heterocycles. The van der Waals surface area contributed by atoms with E-state index in [0.29, 0.717) is 17.2 Å². The Morgan fingerprint density at radius 1 is 1.00 bits per heavy atom. The highest BCUT2D eigenvalue weighted by molar-refractivity contribution is 5.92. The SMILES string of the molecule is CCC(C)c1ccc(COC(=O)c2ccccc2OCC(=O)OC2(CC)CCCC2)cc1. The summed E-state index contributed by atoms with van der Waals surface area (Å²) in [6.07, 6.45) is 5.85. The van der Waals surface area contributed by atoms with E-state index in [-0.39, 0.29) is 18.8 Å². The summed E-state index contributed by atoms with van der Waals surface area (Å²) in [6.45, 7) is 6.34. The van der Waals surface area contributed by atoms with Gasteiger partial charge in [-0.1, -0.05) is 57.2 Å². The maximum atomic E-state index is 12.7. The van der Waals surface area contributed by atoms with Crippen LogP contribution in [-0.4, -0.2) is 24.1 Å². The Labute approximate surface area is 191 Å². The average Bonchev–Trinajstić information content (AvgIpc) is 3.30. The first-order chi connectivity index (χ1) is 15.5. The van der Waals surface area contributed by atoms with Crippen molar-refractivity contribution in [2.45, 2.75) is 77.4 Å². The summed E-state index contributed by atoms with van der Waals surface area (Å²) in [6, 6.07) is 14.9. The summed E-state index contributed by atoms with van der Waals surface area (Å²) >= 11 is 0. The van der Waals surface area contributed by atoms with Gasteiger partial charge in [0.25, 0.3) is 0 Å². The molecule has 0 amide bonds. The van der Waals surface area contributed by atoms with E-state index in [1.165, 1.54) is 5.56 Å². The molecule has 1 fully saturated rings. The van der Waals surface area contributed by atoms with Crippen molar-refractivity contribution in [1.82, 2.24) is 0 Å². The van der Waals surface area contributed by atoms with Crippen molar-refractivity contribution in [2.24, 2.45) is 0 Å². The summed E-state index contributed by atoms with van der Waals surface area (Å²) in [5, 5.41) is 0. The van der Waals surface area contributed by atoms with Crippen LogP contribution in [0.25, 0.3) is 0 Å². The number of ether oxygens (including phenoxy) is 3. The maximum absolute atomic E-state index is 12.7. The van der Waals surface area contributed by atoms with Gasteiger partial charge in [-0.05, 0) is 67.7 Å². The van der Waals surface area contributed by atoms with E-state index in [0.717, 1.165) is 44.1 Å². The summed E-state index contributed by atoms with van der Waals surface area (Å²) in [5.74, 6) is -0.0687. The van der Waals surface area contributed by atoms with Crippen LogP contribution >= 0.6 is 0 Å². The molecule has 1 unspecified atom stereocenters. The lowest BCUT2D eigenvalue weighted by Gasteiger charge is -2.27. The normalized spacial score (nSPS) is 15.7. The zero-order valence-electron chi connectivity index (χ0n) is 19.4. The molecule has 0 saturated heterocycles. The minimum atomic E-state index is -0.485. The van der Waals surface area contributed by atoms with E-state index in [4.69, 9.17) is 14.2 Å². The Kier molecular flexibility index (Phi) is 8.32. The molecule has 1 aliphatic rings. The summed E-state index contributed by atoms with van der Waals surface area (Å²) in [7, 11) is 0. The highest BCUT2D eigenvalue weighted by Gasteiger charge is 2.36. The largest absolute Gasteiger partial charge is 0.481 e. The molecule has 1 saturated carbocycles. The second-order valence-corrected chi connectivity index (χ2v) is 8.63. The second-order valence-electron chi connectivity index (χ2n) is 8.63. The number of hydrogen-bond donors (Lipinski definition) is 0. The van der Waals surface area contributed by atoms with Gasteiger partial charge < -0.3 is 14.2 Å². The predicted octanol–water partition coefficient (Wildman–Crippen LogP) is 6.20. The van der Waals surface area contributed by atoms with E-state index in [2.05, 4.69) is 26.0 Å². The third-order valence-electron chi connectivity index (χ3n) is 6.47. The van der Waals surface area contributed by atoms with E-state index in [9.17, 15) is 9.59 Å². The maximum Gasteiger partial charge on any atom is 0.344 e. The lowest BCUT2D eigenvalue weighted by Crippen LogP contribution is -2.33. The first-order valence-corrected chi connectivity index (χ1v) is 11.7. The fraction of sp³-hybridized carbons (Fsp3) is 0.481. The molecule has 5 heteroatoms. The van der Waals surface area contributed by atoms with Crippen LogP contribution in [0.1, 0.15) is 86.7 Å². The smallest absolute Gasteiger partial charge is 0.344 e. The standard InChI is InChI=1S/C27H34O5/c1-4-20(3)22-14-12-21(13-15-22)18-31-26(29)23-10-6-7-11-24(23)30-19-25(28)32-27(5-2)16-8-9-17-27/h6-7,10-15,20H,4-5,8-9,16-19H2,1-3H3. The van der Waals surface area contributed by atoms with Gasteiger partial charge in [0.1, 0.15) is 23.5 Å². The average molecular weight is 439 g/mol. The predicted molar refractivity (Wildman–Crippen MR) is 124 cm³/mol. The quantitative estimate of drug-likeness (QED) is 0.413. The van der Waals surface area contributed by atoms with Gasteiger partial charge in [-0.2, -0.15) is 0 Å². The number of hydrogen-bond acceptors (Lipinski definition) is 5. The van der Waals surface area contributed by atoms with Crippen molar-refractivity contribution in [3.8, 4) is 5.75 Å². The molecule has 3 rings (SSSR count). The van der Waals surface area contributed by atoms with Crippen LogP contribution in [0, 0.1) is 0 Å². The van der Waals surface area contributed by atoms with Crippen molar-refractivity contribution in [3.63, 3.8) is 0 Å². The van der Waals surface area contributed by atoms with Gasteiger partial charge in [-0.15, -0.1) is 0 Å². The number of para-hydroxylation sites is 1. The van der Waals surface area contributed by atoms with Gasteiger partial charge >= 0.3 is 11.9 Å². The monoisotopic (exact) mass is 438 g/mol. The summed E-state index contributed by atoms with van der Waals surface area (Å²) in [5.41, 5.74) is 2.13. The van der Waals surface area contributed by atoms with Crippen LogP contribution in [-0.2, 0) is 20.9 Å². The lowest BCUT2D eigenvalue weighted by molar-refractivity contribution is -0.162. The second kappa shape index (κ2) is 11.2. The van der Waals surface area contributed by atoms with Gasteiger partial charge in [-0.25, -0.2) is 9.59 Å². The first-order valence-electron chi connectivity index (χ1n) is 11.7. The van der Waals surface area contributed by atoms with Gasteiger partial charge in [0.2, 0.25) is 0 Å². The molecule has 0 spiro atoms. The molecule has 1 atom stereocenters. The first kappa shape index (κ1) is 23.8. The Hall–Kier alpha value is -2.82. The van der Waals surface area contributed by atoms with Crippen molar-refractivity contribution < 1.29 is 23.8 Å². The minimum absolute atomic E-state index is 0.176. The third-order valence-corrected chi connectivity index (χ3v) is 6.47. The molecule has 0 N–H and O–H groups in total. The van der Waals surface area contributed by atoms with Gasteiger partial charge in [0.05, 0.1) is 0 Å². The molecular formula is C27H34O5. The van der Waals surface area contributed by atoms with Crippen LogP contribution in [0.5, 0.6) is 5.75 Å². The molecule has 32 heavy (non-hydrogen) atoms. The molecule has 1 aliphatic carbocycles. The van der Waals surface area contributed by atoms with E-state index >= 15 is 0 Å². The topological polar surface area (TPSA) is 61.8 Å². The van der Waals surface area contributed by atoms with Crippen LogP contribution in [0.15, 0.2) is 48.5 Å².